The van der Waals surface area contributed by atoms with E-state index in [1.807, 2.05) is 0 Å². The monoisotopic (exact) mass is 291 g/mol. The SMILES string of the molecule is O=S(=O)(O)O.O=[N+]([O-])O.[Ca+2].[H-].[H-].[Sr+2]. The number of hydrogen-bond donors (Lipinski definition) is 3. The van der Waals surface area contributed by atoms with Crippen LogP contribution in [0.4, 0.5) is 0 Å². The van der Waals surface area contributed by atoms with Gasteiger partial charge in [0.05, 0.1) is 0 Å². The van der Waals surface area contributed by atoms with E-state index in [1.165, 1.54) is 0 Å². The molecule has 0 heterocycles. The smallest absolute Gasteiger partial charge is 1.00 e. The minimum Gasteiger partial charge on any atom is -1.00 e. The van der Waals surface area contributed by atoms with Gasteiger partial charge in [-0.05, 0) is 0 Å². The van der Waals surface area contributed by atoms with Crippen LogP contribution in [0.25, 0.3) is 0 Å². The molecule has 0 saturated carbocycles. The van der Waals surface area contributed by atoms with E-state index in [4.69, 9.17) is 32.8 Å². The summed E-state index contributed by atoms with van der Waals surface area (Å²) in [7, 11) is -4.67. The minimum absolute atomic E-state index is 0. The number of rotatable bonds is 0. The fraction of sp³-hybridized carbons (Fsp3) is 0. The Morgan fingerprint density at radius 2 is 1.36 bits per heavy atom. The van der Waals surface area contributed by atoms with Crippen LogP contribution in [0, 0.1) is 10.1 Å². The summed E-state index contributed by atoms with van der Waals surface area (Å²) in [6, 6.07) is 0. The molecule has 0 aromatic carbocycles. The molecule has 0 spiro atoms. The molecular weight excluding hydrogens is 286 g/mol. The van der Waals surface area contributed by atoms with E-state index in [1.54, 1.807) is 0 Å². The summed E-state index contributed by atoms with van der Waals surface area (Å²) in [5, 5.41) is 13.6. The Kier molecular flexibility index (Phi) is 24.7. The zero-order valence-electron chi connectivity index (χ0n) is 7.24. The molecule has 0 aliphatic carbocycles. The Morgan fingerprint density at radius 1 is 1.36 bits per heavy atom. The summed E-state index contributed by atoms with van der Waals surface area (Å²) in [4.78, 5) is 8.36. The molecule has 0 aliphatic heterocycles. The Balaban J connectivity index is -0.0000000146. The predicted octanol–water partition coefficient (Wildman–Crippen LogP) is -1.54. The van der Waals surface area contributed by atoms with Crippen LogP contribution in [0.15, 0.2) is 0 Å². The topological polar surface area (TPSA) is 138 Å². The third-order valence-electron chi connectivity index (χ3n) is 0. The van der Waals surface area contributed by atoms with Gasteiger partial charge in [-0.1, -0.05) is 0 Å². The average molecular weight is 291 g/mol. The van der Waals surface area contributed by atoms with Gasteiger partial charge < -0.3 is 8.06 Å². The molecular formula is H5CaNO7SSr+2. The molecule has 0 amide bonds. The van der Waals surface area contributed by atoms with Crippen molar-refractivity contribution in [3.63, 3.8) is 0 Å². The second-order valence-corrected chi connectivity index (χ2v) is 1.58. The molecule has 0 saturated heterocycles. The molecule has 0 bridgehead atoms. The summed E-state index contributed by atoms with van der Waals surface area (Å²) >= 11 is 0. The van der Waals surface area contributed by atoms with E-state index in [9.17, 15) is 0 Å². The van der Waals surface area contributed by atoms with Crippen LogP contribution in [-0.4, -0.2) is 111 Å². The maximum absolute atomic E-state index is 8.74. The van der Waals surface area contributed by atoms with Crippen LogP contribution >= 0.6 is 0 Å². The molecule has 11 heavy (non-hydrogen) atoms. The van der Waals surface area contributed by atoms with Gasteiger partial charge in [-0.3, -0.25) is 9.11 Å². The van der Waals surface area contributed by atoms with Gasteiger partial charge in [-0.25, -0.2) is 0 Å². The fourth-order valence-corrected chi connectivity index (χ4v) is 0. The van der Waals surface area contributed by atoms with Crippen molar-refractivity contribution in [2.45, 2.75) is 0 Å². The average Bonchev–Trinajstić information content (AvgIpc) is 1.19. The predicted molar refractivity (Wildman–Crippen MR) is 36.7 cm³/mol. The molecule has 3 N–H and O–H groups in total. The second kappa shape index (κ2) is 11.8. The summed E-state index contributed by atoms with van der Waals surface area (Å²) in [5.41, 5.74) is 0. The quantitative estimate of drug-likeness (QED) is 0.213. The largest absolute Gasteiger partial charge is 2.00 e. The standard InChI is InChI=1S/Ca.HNO3.H2O4S.Sr.2H/c;2-1(3)4;1-5(2,3)4;;;/h;(H,2,3,4);(H2,1,2,3,4);;;/q+2;;;+2;2*-1. The molecule has 8 nitrogen and oxygen atoms in total. The van der Waals surface area contributed by atoms with Crippen LogP contribution < -0.4 is 0 Å². The zero-order chi connectivity index (χ0) is 8.08. The molecule has 0 rings (SSSR count). The van der Waals surface area contributed by atoms with Crippen molar-refractivity contribution in [1.82, 2.24) is 0 Å². The maximum Gasteiger partial charge on any atom is 2.00 e. The van der Waals surface area contributed by atoms with E-state index < -0.39 is 15.5 Å². The first-order valence-corrected chi connectivity index (χ1v) is 2.66. The van der Waals surface area contributed by atoms with E-state index >= 15 is 0 Å². The first-order valence-electron chi connectivity index (χ1n) is 1.26. The Morgan fingerprint density at radius 3 is 1.36 bits per heavy atom. The third-order valence-corrected chi connectivity index (χ3v) is 0. The summed E-state index contributed by atoms with van der Waals surface area (Å²) in [6.07, 6.45) is 0. The fourth-order valence-electron chi connectivity index (χ4n) is 0. The number of hydrogen-bond acceptors (Lipinski definition) is 4. The number of nitrogens with zero attached hydrogens (tertiary/aromatic N) is 1. The first kappa shape index (κ1) is 23.0. The molecule has 60 valence electrons. The third kappa shape index (κ3) is 347. The molecule has 0 aromatic rings. The van der Waals surface area contributed by atoms with E-state index in [2.05, 4.69) is 0 Å². The molecule has 0 unspecified atom stereocenters. The van der Waals surface area contributed by atoms with Gasteiger partial charge in [-0.2, -0.15) is 8.42 Å². The van der Waals surface area contributed by atoms with Crippen LogP contribution in [0.5, 0.6) is 0 Å². The Bertz CT molecular complexity index is 169. The molecule has 0 aromatic heterocycles. The summed E-state index contributed by atoms with van der Waals surface area (Å²) in [6.45, 7) is 0. The zero-order valence-corrected chi connectivity index (χ0v) is 11.7. The van der Waals surface area contributed by atoms with Crippen LogP contribution in [0.2, 0.25) is 0 Å². The molecule has 0 fully saturated rings. The molecule has 11 heteroatoms. The van der Waals surface area contributed by atoms with Crippen LogP contribution in [0.3, 0.4) is 0 Å². The van der Waals surface area contributed by atoms with Crippen molar-refractivity contribution in [3.05, 3.63) is 10.1 Å². The van der Waals surface area contributed by atoms with Crippen molar-refractivity contribution in [3.8, 4) is 0 Å². The van der Waals surface area contributed by atoms with E-state index in [0.717, 1.165) is 0 Å². The second-order valence-electron chi connectivity index (χ2n) is 0.686. The summed E-state index contributed by atoms with van der Waals surface area (Å²) in [5.74, 6) is 0. The normalized spacial score (nSPS) is 7.45. The van der Waals surface area contributed by atoms with Crippen molar-refractivity contribution in [1.29, 1.82) is 0 Å². The van der Waals surface area contributed by atoms with Gasteiger partial charge in [0.15, 0.2) is 0 Å². The van der Waals surface area contributed by atoms with Gasteiger partial charge in [0.25, 0.3) is 5.09 Å². The van der Waals surface area contributed by atoms with E-state index in [-0.39, 0.29) is 86.1 Å². The first-order chi connectivity index (χ1) is 3.73. The Labute approximate surface area is 132 Å². The minimum atomic E-state index is -4.67. The van der Waals surface area contributed by atoms with Crippen molar-refractivity contribution in [2.24, 2.45) is 0 Å². The Hall–Kier alpha value is 1.81. The van der Waals surface area contributed by atoms with Gasteiger partial charge in [-0.15, -0.1) is 10.1 Å². The van der Waals surface area contributed by atoms with Gasteiger partial charge >= 0.3 is 93.6 Å². The van der Waals surface area contributed by atoms with E-state index in [0.29, 0.717) is 0 Å². The van der Waals surface area contributed by atoms with Crippen molar-refractivity contribution in [2.75, 3.05) is 0 Å². The molecule has 0 aliphatic rings. The summed E-state index contributed by atoms with van der Waals surface area (Å²) < 4.78 is 31.6. The van der Waals surface area contributed by atoms with Crippen LogP contribution in [-0.2, 0) is 10.4 Å². The van der Waals surface area contributed by atoms with Crippen LogP contribution in [0.1, 0.15) is 2.85 Å². The molecule has 0 atom stereocenters. The van der Waals surface area contributed by atoms with Crippen molar-refractivity contribution >= 4 is 93.6 Å². The van der Waals surface area contributed by atoms with Gasteiger partial charge in [0.2, 0.25) is 0 Å². The van der Waals surface area contributed by atoms with Gasteiger partial charge in [0.1, 0.15) is 0 Å². The molecule has 0 radical (unpaired) electrons. The van der Waals surface area contributed by atoms with Crippen molar-refractivity contribution < 1.29 is 30.7 Å². The maximum atomic E-state index is 8.74. The van der Waals surface area contributed by atoms with Gasteiger partial charge in [0, 0.05) is 0 Å².